The maximum atomic E-state index is 12.1. The SMILES string of the molecule is COc1ccc(Cl)c(Cl)c1[C@@H]1CCN(C(C)=O)[C@H](CNC(=O)OC(C)(C)C)C1. The van der Waals surface area contributed by atoms with Crippen LogP contribution in [0.25, 0.3) is 0 Å². The third kappa shape index (κ3) is 5.67. The predicted octanol–water partition coefficient (Wildman–Crippen LogP) is 4.62. The molecule has 2 atom stereocenters. The van der Waals surface area contributed by atoms with E-state index in [4.69, 9.17) is 32.7 Å². The van der Waals surface area contributed by atoms with Gasteiger partial charge in [0.05, 0.1) is 17.2 Å². The number of hydrogen-bond acceptors (Lipinski definition) is 4. The van der Waals surface area contributed by atoms with Gasteiger partial charge in [-0.05, 0) is 51.7 Å². The number of carbonyl (C=O) groups excluding carboxylic acids is 2. The number of halogens is 2. The van der Waals surface area contributed by atoms with Gasteiger partial charge in [-0.1, -0.05) is 23.2 Å². The number of amides is 2. The summed E-state index contributed by atoms with van der Waals surface area (Å²) in [6.45, 7) is 7.81. The maximum absolute atomic E-state index is 12.1. The van der Waals surface area contributed by atoms with E-state index in [1.807, 2.05) is 0 Å². The zero-order valence-corrected chi connectivity index (χ0v) is 18.5. The molecule has 2 amide bonds. The van der Waals surface area contributed by atoms with Crippen molar-refractivity contribution in [2.45, 2.75) is 58.1 Å². The van der Waals surface area contributed by atoms with Crippen LogP contribution in [-0.4, -0.2) is 48.7 Å². The van der Waals surface area contributed by atoms with Gasteiger partial charge in [-0.15, -0.1) is 0 Å². The van der Waals surface area contributed by atoms with E-state index >= 15 is 0 Å². The molecule has 156 valence electrons. The van der Waals surface area contributed by atoms with Crippen molar-refractivity contribution in [2.75, 3.05) is 20.2 Å². The number of piperidine rings is 1. The molecule has 1 fully saturated rings. The molecule has 1 heterocycles. The van der Waals surface area contributed by atoms with Crippen LogP contribution in [0.5, 0.6) is 5.75 Å². The minimum atomic E-state index is -0.582. The fraction of sp³-hybridized carbons (Fsp3) is 0.600. The van der Waals surface area contributed by atoms with Crippen molar-refractivity contribution in [2.24, 2.45) is 0 Å². The summed E-state index contributed by atoms with van der Waals surface area (Å²) in [6, 6.07) is 3.33. The Bertz CT molecular complexity index is 734. The second kappa shape index (κ2) is 9.23. The average Bonchev–Trinajstić information content (AvgIpc) is 2.60. The molecule has 1 N–H and O–H groups in total. The second-order valence-electron chi connectivity index (χ2n) is 7.95. The minimum absolute atomic E-state index is 0.0291. The van der Waals surface area contributed by atoms with Gasteiger partial charge in [-0.25, -0.2) is 4.79 Å². The number of benzene rings is 1. The van der Waals surface area contributed by atoms with Gasteiger partial charge in [0.15, 0.2) is 0 Å². The summed E-state index contributed by atoms with van der Waals surface area (Å²) >= 11 is 12.7. The molecule has 0 radical (unpaired) electrons. The van der Waals surface area contributed by atoms with E-state index < -0.39 is 11.7 Å². The predicted molar refractivity (Wildman–Crippen MR) is 110 cm³/mol. The van der Waals surface area contributed by atoms with Crippen LogP contribution in [0.15, 0.2) is 12.1 Å². The monoisotopic (exact) mass is 430 g/mol. The molecule has 2 rings (SSSR count). The lowest BCUT2D eigenvalue weighted by atomic mass is 9.84. The smallest absolute Gasteiger partial charge is 0.407 e. The van der Waals surface area contributed by atoms with E-state index in [1.54, 1.807) is 44.9 Å². The summed E-state index contributed by atoms with van der Waals surface area (Å²) in [7, 11) is 1.59. The molecule has 0 unspecified atom stereocenters. The number of alkyl carbamates (subject to hydrolysis) is 1. The minimum Gasteiger partial charge on any atom is -0.496 e. The molecule has 1 aliphatic rings. The van der Waals surface area contributed by atoms with Crippen LogP contribution in [-0.2, 0) is 9.53 Å². The molecule has 1 aromatic carbocycles. The van der Waals surface area contributed by atoms with Gasteiger partial charge in [-0.3, -0.25) is 4.79 Å². The van der Waals surface area contributed by atoms with Crippen molar-refractivity contribution in [3.8, 4) is 5.75 Å². The number of ether oxygens (including phenoxy) is 2. The molecule has 0 bridgehead atoms. The third-order valence-corrected chi connectivity index (χ3v) is 5.54. The first-order valence-electron chi connectivity index (χ1n) is 9.29. The van der Waals surface area contributed by atoms with Crippen LogP contribution >= 0.6 is 23.2 Å². The Hall–Kier alpha value is -1.66. The Balaban J connectivity index is 2.19. The molecule has 6 nitrogen and oxygen atoms in total. The standard InChI is InChI=1S/C20H28Cl2N2O4/c1-12(25)24-9-8-13(17-16(27-5)7-6-15(21)18(17)22)10-14(24)11-23-19(26)28-20(2,3)4/h6-7,13-14H,8-11H2,1-5H3,(H,23,26)/t13-,14+/m1/s1. The van der Waals surface area contributed by atoms with Crippen LogP contribution < -0.4 is 10.1 Å². The molecule has 1 aromatic rings. The Labute approximate surface area is 176 Å². The lowest BCUT2D eigenvalue weighted by Gasteiger charge is -2.40. The summed E-state index contributed by atoms with van der Waals surface area (Å²) < 4.78 is 10.8. The molecule has 0 saturated carbocycles. The first kappa shape index (κ1) is 22.6. The van der Waals surface area contributed by atoms with Crippen molar-refractivity contribution in [1.29, 1.82) is 0 Å². The number of nitrogens with zero attached hydrogens (tertiary/aromatic N) is 1. The van der Waals surface area contributed by atoms with E-state index in [-0.39, 0.29) is 17.9 Å². The van der Waals surface area contributed by atoms with Crippen molar-refractivity contribution < 1.29 is 19.1 Å². The summed E-state index contributed by atoms with van der Waals surface area (Å²) in [5, 5.41) is 3.72. The first-order chi connectivity index (χ1) is 13.0. The highest BCUT2D eigenvalue weighted by molar-refractivity contribution is 6.42. The van der Waals surface area contributed by atoms with Crippen LogP contribution in [0.1, 0.15) is 52.0 Å². The largest absolute Gasteiger partial charge is 0.496 e. The van der Waals surface area contributed by atoms with Gasteiger partial charge in [0.2, 0.25) is 5.91 Å². The number of likely N-dealkylation sites (tertiary alicyclic amines) is 1. The van der Waals surface area contributed by atoms with E-state index in [2.05, 4.69) is 5.32 Å². The number of carbonyl (C=O) groups is 2. The highest BCUT2D eigenvalue weighted by Gasteiger charge is 2.34. The molecule has 28 heavy (non-hydrogen) atoms. The number of methoxy groups -OCH3 is 1. The van der Waals surface area contributed by atoms with Crippen molar-refractivity contribution >= 4 is 35.2 Å². The van der Waals surface area contributed by atoms with Gasteiger partial charge in [0, 0.05) is 31.6 Å². The third-order valence-electron chi connectivity index (χ3n) is 4.72. The van der Waals surface area contributed by atoms with Gasteiger partial charge < -0.3 is 19.7 Å². The van der Waals surface area contributed by atoms with Crippen molar-refractivity contribution in [3.63, 3.8) is 0 Å². The normalized spacial score (nSPS) is 19.9. The molecule has 0 aromatic heterocycles. The molecule has 8 heteroatoms. The Morgan fingerprint density at radius 3 is 2.54 bits per heavy atom. The topological polar surface area (TPSA) is 67.9 Å². The Morgan fingerprint density at radius 1 is 1.29 bits per heavy atom. The molecular formula is C20H28Cl2N2O4. The van der Waals surface area contributed by atoms with Crippen molar-refractivity contribution in [3.05, 3.63) is 27.7 Å². The van der Waals surface area contributed by atoms with Gasteiger partial charge in [-0.2, -0.15) is 0 Å². The average molecular weight is 431 g/mol. The van der Waals surface area contributed by atoms with E-state index in [0.717, 1.165) is 12.0 Å². The zero-order valence-electron chi connectivity index (χ0n) is 17.0. The highest BCUT2D eigenvalue weighted by Crippen LogP contribution is 2.43. The fourth-order valence-corrected chi connectivity index (χ4v) is 4.02. The van der Waals surface area contributed by atoms with E-state index in [9.17, 15) is 9.59 Å². The summed E-state index contributed by atoms with van der Waals surface area (Å²) in [4.78, 5) is 25.9. The zero-order chi connectivity index (χ0) is 21.1. The maximum Gasteiger partial charge on any atom is 0.407 e. The number of nitrogens with one attached hydrogen (secondary N) is 1. The molecular weight excluding hydrogens is 403 g/mol. The first-order valence-corrected chi connectivity index (χ1v) is 10.0. The lowest BCUT2D eigenvalue weighted by Crippen LogP contribution is -2.50. The quantitative estimate of drug-likeness (QED) is 0.756. The Morgan fingerprint density at radius 2 is 1.96 bits per heavy atom. The molecule has 0 spiro atoms. The second-order valence-corrected chi connectivity index (χ2v) is 8.73. The fourth-order valence-electron chi connectivity index (χ4n) is 3.54. The molecule has 0 aliphatic carbocycles. The van der Waals surface area contributed by atoms with Crippen molar-refractivity contribution in [1.82, 2.24) is 10.2 Å². The Kier molecular flexibility index (Phi) is 7.46. The van der Waals surface area contributed by atoms with Gasteiger partial charge >= 0.3 is 6.09 Å². The van der Waals surface area contributed by atoms with Crippen LogP contribution in [0, 0.1) is 0 Å². The van der Waals surface area contributed by atoms with Gasteiger partial charge in [0.1, 0.15) is 11.4 Å². The molecule has 1 saturated heterocycles. The van der Waals surface area contributed by atoms with E-state index in [0.29, 0.717) is 35.3 Å². The summed E-state index contributed by atoms with van der Waals surface area (Å²) in [5.41, 5.74) is 0.267. The van der Waals surface area contributed by atoms with Crippen LogP contribution in [0.4, 0.5) is 4.79 Å². The molecule has 1 aliphatic heterocycles. The van der Waals surface area contributed by atoms with Crippen LogP contribution in [0.3, 0.4) is 0 Å². The van der Waals surface area contributed by atoms with Crippen LogP contribution in [0.2, 0.25) is 10.0 Å². The number of rotatable bonds is 4. The lowest BCUT2D eigenvalue weighted by molar-refractivity contribution is -0.132. The number of hydrogen-bond donors (Lipinski definition) is 1. The van der Waals surface area contributed by atoms with Gasteiger partial charge in [0.25, 0.3) is 0 Å². The summed E-state index contributed by atoms with van der Waals surface area (Å²) in [5.74, 6) is 0.704. The van der Waals surface area contributed by atoms with E-state index in [1.165, 1.54) is 6.92 Å². The summed E-state index contributed by atoms with van der Waals surface area (Å²) in [6.07, 6.45) is 0.863. The highest BCUT2D eigenvalue weighted by atomic mass is 35.5.